The van der Waals surface area contributed by atoms with E-state index in [-0.39, 0.29) is 27.8 Å². The summed E-state index contributed by atoms with van der Waals surface area (Å²) in [7, 11) is -4.19. The summed E-state index contributed by atoms with van der Waals surface area (Å²) in [5.41, 5.74) is 1.23. The number of aryl methyl sites for hydroxylation is 1. The summed E-state index contributed by atoms with van der Waals surface area (Å²) >= 11 is 5.87. The van der Waals surface area contributed by atoms with Crippen LogP contribution in [0.3, 0.4) is 0 Å². The summed E-state index contributed by atoms with van der Waals surface area (Å²) in [5, 5.41) is 2.35. The molecule has 10 heteroatoms. The fourth-order valence-corrected chi connectivity index (χ4v) is 4.70. The Balaban J connectivity index is 1.94. The maximum Gasteiger partial charge on any atom is 0.338 e. The summed E-state index contributed by atoms with van der Waals surface area (Å²) in [4.78, 5) is 24.9. The van der Waals surface area contributed by atoms with Crippen LogP contribution in [0.25, 0.3) is 0 Å². The SMILES string of the molecule is CCOC(=O)c1ccc(C)c(NC(=O)CN(c2ccc(F)c(Cl)c2)S(=O)(=O)c2ccccc2)c1. The van der Waals surface area contributed by atoms with Crippen LogP contribution in [0, 0.1) is 12.7 Å². The third kappa shape index (κ3) is 5.73. The van der Waals surface area contributed by atoms with Crippen LogP contribution >= 0.6 is 11.6 Å². The number of carbonyl (C=O) groups is 2. The number of nitrogens with zero attached hydrogens (tertiary/aromatic N) is 1. The second kappa shape index (κ2) is 10.7. The van der Waals surface area contributed by atoms with Crippen molar-refractivity contribution in [1.82, 2.24) is 0 Å². The lowest BCUT2D eigenvalue weighted by molar-refractivity contribution is -0.114. The average molecular weight is 505 g/mol. The highest BCUT2D eigenvalue weighted by molar-refractivity contribution is 7.92. The molecule has 0 spiro atoms. The molecule has 0 aliphatic rings. The van der Waals surface area contributed by atoms with Crippen LogP contribution in [0.2, 0.25) is 5.02 Å². The predicted molar refractivity (Wildman–Crippen MR) is 128 cm³/mol. The van der Waals surface area contributed by atoms with Crippen molar-refractivity contribution >= 4 is 44.9 Å². The fourth-order valence-electron chi connectivity index (χ4n) is 3.09. The molecule has 3 aromatic carbocycles. The van der Waals surface area contributed by atoms with Crippen LogP contribution in [0.1, 0.15) is 22.8 Å². The van der Waals surface area contributed by atoms with Crippen molar-refractivity contribution in [2.75, 3.05) is 22.8 Å². The van der Waals surface area contributed by atoms with E-state index < -0.39 is 34.3 Å². The number of ether oxygens (including phenoxy) is 1. The number of benzene rings is 3. The Morgan fingerprint density at radius 3 is 2.41 bits per heavy atom. The number of hydrogen-bond acceptors (Lipinski definition) is 5. The van der Waals surface area contributed by atoms with E-state index in [4.69, 9.17) is 16.3 Å². The quantitative estimate of drug-likeness (QED) is 0.445. The molecule has 178 valence electrons. The number of sulfonamides is 1. The zero-order chi connectivity index (χ0) is 24.9. The molecule has 0 aliphatic heterocycles. The Labute approximate surface area is 202 Å². The van der Waals surface area contributed by atoms with Crippen molar-refractivity contribution in [2.24, 2.45) is 0 Å². The number of carbonyl (C=O) groups excluding carboxylic acids is 2. The average Bonchev–Trinajstić information content (AvgIpc) is 2.81. The number of halogens is 2. The summed E-state index contributed by atoms with van der Waals surface area (Å²) in [6.45, 7) is 2.98. The minimum atomic E-state index is -4.19. The second-order valence-electron chi connectivity index (χ2n) is 7.22. The van der Waals surface area contributed by atoms with E-state index in [0.29, 0.717) is 11.3 Å². The van der Waals surface area contributed by atoms with E-state index in [0.717, 1.165) is 16.4 Å². The van der Waals surface area contributed by atoms with E-state index in [1.165, 1.54) is 24.3 Å². The lowest BCUT2D eigenvalue weighted by atomic mass is 10.1. The van der Waals surface area contributed by atoms with Gasteiger partial charge < -0.3 is 10.1 Å². The van der Waals surface area contributed by atoms with Crippen molar-refractivity contribution in [2.45, 2.75) is 18.7 Å². The molecule has 3 aromatic rings. The number of rotatable bonds is 8. The highest BCUT2D eigenvalue weighted by Crippen LogP contribution is 2.28. The largest absolute Gasteiger partial charge is 0.462 e. The standard InChI is InChI=1S/C24H22ClFN2O5S/c1-3-33-24(30)17-10-9-16(2)22(13-17)27-23(29)15-28(18-11-12-21(26)20(25)14-18)34(31,32)19-7-5-4-6-8-19/h4-14H,3,15H2,1-2H3,(H,27,29). The zero-order valence-corrected chi connectivity index (χ0v) is 20.0. The van der Waals surface area contributed by atoms with E-state index in [9.17, 15) is 22.4 Å². The molecule has 0 saturated heterocycles. The Morgan fingerprint density at radius 1 is 1.06 bits per heavy atom. The third-order valence-corrected chi connectivity index (χ3v) is 6.91. The van der Waals surface area contributed by atoms with Crippen molar-refractivity contribution < 1.29 is 27.1 Å². The normalized spacial score (nSPS) is 11.1. The summed E-state index contributed by atoms with van der Waals surface area (Å²) in [6.07, 6.45) is 0. The molecule has 0 aromatic heterocycles. The van der Waals surface area contributed by atoms with Crippen LogP contribution < -0.4 is 9.62 Å². The van der Waals surface area contributed by atoms with Gasteiger partial charge in [-0.25, -0.2) is 17.6 Å². The molecule has 1 amide bonds. The van der Waals surface area contributed by atoms with E-state index >= 15 is 0 Å². The van der Waals surface area contributed by atoms with E-state index in [1.807, 2.05) is 0 Å². The van der Waals surface area contributed by atoms with Crippen LogP contribution in [0.5, 0.6) is 0 Å². The van der Waals surface area contributed by atoms with Crippen molar-refractivity contribution in [3.05, 3.63) is 88.7 Å². The van der Waals surface area contributed by atoms with Gasteiger partial charge in [0, 0.05) is 5.69 Å². The van der Waals surface area contributed by atoms with Crippen molar-refractivity contribution in [3.63, 3.8) is 0 Å². The fraction of sp³-hybridized carbons (Fsp3) is 0.167. The highest BCUT2D eigenvalue weighted by atomic mass is 35.5. The van der Waals surface area contributed by atoms with Gasteiger partial charge in [-0.05, 0) is 61.9 Å². The monoisotopic (exact) mass is 504 g/mol. The first-order chi connectivity index (χ1) is 16.1. The molecule has 1 N–H and O–H groups in total. The molecule has 3 rings (SSSR count). The molecule has 0 radical (unpaired) electrons. The van der Waals surface area contributed by atoms with E-state index in [1.54, 1.807) is 44.2 Å². The zero-order valence-electron chi connectivity index (χ0n) is 18.4. The van der Waals surface area contributed by atoms with Crippen molar-refractivity contribution in [1.29, 1.82) is 0 Å². The molecule has 0 fully saturated rings. The number of anilines is 2. The van der Waals surface area contributed by atoms with Gasteiger partial charge in [0.05, 0.1) is 27.8 Å². The summed E-state index contributed by atoms with van der Waals surface area (Å²) in [5.74, 6) is -1.95. The molecule has 0 heterocycles. The molecular weight excluding hydrogens is 483 g/mol. The smallest absolute Gasteiger partial charge is 0.338 e. The molecule has 0 unspecified atom stereocenters. The maximum atomic E-state index is 13.7. The molecule has 34 heavy (non-hydrogen) atoms. The topological polar surface area (TPSA) is 92.8 Å². The van der Waals surface area contributed by atoms with Gasteiger partial charge in [0.25, 0.3) is 10.0 Å². The highest BCUT2D eigenvalue weighted by Gasteiger charge is 2.28. The van der Waals surface area contributed by atoms with Gasteiger partial charge in [0.2, 0.25) is 5.91 Å². The van der Waals surface area contributed by atoms with Gasteiger partial charge in [-0.1, -0.05) is 35.9 Å². The lowest BCUT2D eigenvalue weighted by Gasteiger charge is -2.24. The number of nitrogens with one attached hydrogen (secondary N) is 1. The minimum absolute atomic E-state index is 0.0161. The Hall–Kier alpha value is -3.43. The molecular formula is C24H22ClFN2O5S. The molecule has 0 saturated carbocycles. The van der Waals surface area contributed by atoms with Gasteiger partial charge in [-0.3, -0.25) is 9.10 Å². The first kappa shape index (κ1) is 25.2. The molecule has 0 atom stereocenters. The predicted octanol–water partition coefficient (Wildman–Crippen LogP) is 4.80. The van der Waals surface area contributed by atoms with Crippen LogP contribution in [0.4, 0.5) is 15.8 Å². The second-order valence-corrected chi connectivity index (χ2v) is 9.49. The van der Waals surface area contributed by atoms with Gasteiger partial charge in [0.15, 0.2) is 0 Å². The Morgan fingerprint density at radius 2 is 1.76 bits per heavy atom. The van der Waals surface area contributed by atoms with E-state index in [2.05, 4.69) is 5.32 Å². The van der Waals surface area contributed by atoms with Gasteiger partial charge in [-0.2, -0.15) is 0 Å². The molecule has 0 bridgehead atoms. The first-order valence-electron chi connectivity index (χ1n) is 10.2. The third-order valence-electron chi connectivity index (χ3n) is 4.83. The van der Waals surface area contributed by atoms with Gasteiger partial charge in [-0.15, -0.1) is 0 Å². The van der Waals surface area contributed by atoms with Crippen LogP contribution in [0.15, 0.2) is 71.6 Å². The first-order valence-corrected chi connectivity index (χ1v) is 12.1. The number of amides is 1. The van der Waals surface area contributed by atoms with Gasteiger partial charge >= 0.3 is 5.97 Å². The number of hydrogen-bond donors (Lipinski definition) is 1. The molecule has 0 aliphatic carbocycles. The van der Waals surface area contributed by atoms with Crippen molar-refractivity contribution in [3.8, 4) is 0 Å². The molecule has 7 nitrogen and oxygen atoms in total. The Bertz CT molecular complexity index is 1320. The van der Waals surface area contributed by atoms with Gasteiger partial charge in [0.1, 0.15) is 12.4 Å². The summed E-state index contributed by atoms with van der Waals surface area (Å²) in [6, 6.07) is 15.6. The summed E-state index contributed by atoms with van der Waals surface area (Å²) < 4.78 is 46.2. The minimum Gasteiger partial charge on any atom is -0.462 e. The van der Waals surface area contributed by atoms with Crippen LogP contribution in [-0.2, 0) is 19.6 Å². The van der Waals surface area contributed by atoms with Crippen LogP contribution in [-0.4, -0.2) is 33.4 Å². The lowest BCUT2D eigenvalue weighted by Crippen LogP contribution is -2.38. The Kier molecular flexibility index (Phi) is 7.90. The maximum absolute atomic E-state index is 13.7. The number of esters is 1.